The largest absolute Gasteiger partial charge is 0.496 e. The Morgan fingerprint density at radius 2 is 1.86 bits per heavy atom. The number of hydrogen-bond donors (Lipinski definition) is 0. The van der Waals surface area contributed by atoms with Gasteiger partial charge in [-0.1, -0.05) is 30.3 Å². The number of fused-ring (bicyclic) bond motifs is 1. The molecular formula is C16H15N3O3. The van der Waals surface area contributed by atoms with Crippen LogP contribution >= 0.6 is 0 Å². The van der Waals surface area contributed by atoms with Crippen molar-refractivity contribution >= 4 is 11.0 Å². The van der Waals surface area contributed by atoms with E-state index in [2.05, 4.69) is 4.98 Å². The lowest BCUT2D eigenvalue weighted by molar-refractivity contribution is 0.418. The van der Waals surface area contributed by atoms with Crippen LogP contribution in [0.4, 0.5) is 0 Å². The number of aromatic nitrogens is 3. The Kier molecular flexibility index (Phi) is 3.50. The van der Waals surface area contributed by atoms with Gasteiger partial charge in [-0.2, -0.15) is 0 Å². The van der Waals surface area contributed by atoms with Crippen LogP contribution in [-0.4, -0.2) is 21.2 Å². The molecule has 0 aliphatic heterocycles. The highest BCUT2D eigenvalue weighted by Gasteiger charge is 2.15. The van der Waals surface area contributed by atoms with Gasteiger partial charge in [0.05, 0.1) is 13.7 Å². The molecule has 0 N–H and O–H groups in total. The van der Waals surface area contributed by atoms with Gasteiger partial charge in [0, 0.05) is 13.2 Å². The molecule has 2 heterocycles. The van der Waals surface area contributed by atoms with Crippen LogP contribution in [0.5, 0.6) is 5.75 Å². The smallest absolute Gasteiger partial charge is 0.332 e. The van der Waals surface area contributed by atoms with Crippen molar-refractivity contribution in [1.29, 1.82) is 0 Å². The second-order valence-corrected chi connectivity index (χ2v) is 4.93. The lowest BCUT2D eigenvalue weighted by Gasteiger charge is -2.12. The quantitative estimate of drug-likeness (QED) is 0.727. The van der Waals surface area contributed by atoms with Crippen LogP contribution in [0.3, 0.4) is 0 Å². The summed E-state index contributed by atoms with van der Waals surface area (Å²) >= 11 is 0. The Morgan fingerprint density at radius 1 is 1.14 bits per heavy atom. The highest BCUT2D eigenvalue weighted by Crippen LogP contribution is 2.18. The van der Waals surface area contributed by atoms with Crippen molar-refractivity contribution in [1.82, 2.24) is 14.1 Å². The van der Waals surface area contributed by atoms with Crippen molar-refractivity contribution in [3.05, 3.63) is 69.0 Å². The molecule has 6 nitrogen and oxygen atoms in total. The maximum absolute atomic E-state index is 12.7. The molecule has 0 radical (unpaired) electrons. The molecule has 0 saturated heterocycles. The average molecular weight is 297 g/mol. The minimum absolute atomic E-state index is 0.209. The first-order valence-corrected chi connectivity index (χ1v) is 6.80. The van der Waals surface area contributed by atoms with Gasteiger partial charge in [-0.3, -0.25) is 13.9 Å². The number of aryl methyl sites for hydroxylation is 1. The first-order chi connectivity index (χ1) is 10.6. The molecule has 3 aromatic rings. The maximum atomic E-state index is 12.7. The van der Waals surface area contributed by atoms with E-state index in [0.29, 0.717) is 16.8 Å². The molecule has 6 heteroatoms. The van der Waals surface area contributed by atoms with Crippen LogP contribution in [0.2, 0.25) is 0 Å². The average Bonchev–Trinajstić information content (AvgIpc) is 2.57. The van der Waals surface area contributed by atoms with Gasteiger partial charge in [0.1, 0.15) is 11.1 Å². The van der Waals surface area contributed by atoms with E-state index in [1.54, 1.807) is 13.1 Å². The maximum Gasteiger partial charge on any atom is 0.332 e. The van der Waals surface area contributed by atoms with E-state index < -0.39 is 11.2 Å². The van der Waals surface area contributed by atoms with Gasteiger partial charge < -0.3 is 4.74 Å². The van der Waals surface area contributed by atoms with E-state index >= 15 is 0 Å². The summed E-state index contributed by atoms with van der Waals surface area (Å²) in [4.78, 5) is 29.3. The molecule has 2 aromatic heterocycles. The molecular weight excluding hydrogens is 282 g/mol. The molecule has 22 heavy (non-hydrogen) atoms. The third kappa shape index (κ3) is 2.18. The van der Waals surface area contributed by atoms with Crippen molar-refractivity contribution in [3.63, 3.8) is 0 Å². The van der Waals surface area contributed by atoms with E-state index in [1.807, 2.05) is 30.3 Å². The fraction of sp³-hybridized carbons (Fsp3) is 0.188. The topological polar surface area (TPSA) is 66.1 Å². The van der Waals surface area contributed by atoms with E-state index in [0.717, 1.165) is 5.56 Å². The minimum Gasteiger partial charge on any atom is -0.496 e. The minimum atomic E-state index is -0.401. The molecule has 0 aliphatic carbocycles. The van der Waals surface area contributed by atoms with Crippen molar-refractivity contribution in [2.24, 2.45) is 7.05 Å². The Bertz CT molecular complexity index is 942. The second-order valence-electron chi connectivity index (χ2n) is 4.93. The van der Waals surface area contributed by atoms with Gasteiger partial charge in [0.15, 0.2) is 5.65 Å². The van der Waals surface area contributed by atoms with Crippen LogP contribution in [-0.2, 0) is 13.6 Å². The predicted molar refractivity (Wildman–Crippen MR) is 83.3 cm³/mol. The standard InChI is InChI=1S/C16H15N3O3/c1-18-14-13(12(22-2)8-9-17-14)15(20)19(16(18)21)10-11-6-4-3-5-7-11/h3-9H,10H2,1-2H3. The van der Waals surface area contributed by atoms with E-state index in [9.17, 15) is 9.59 Å². The van der Waals surface area contributed by atoms with E-state index in [4.69, 9.17) is 4.74 Å². The molecule has 0 amide bonds. The van der Waals surface area contributed by atoms with Crippen LogP contribution in [0, 0.1) is 0 Å². The Labute approximate surface area is 126 Å². The molecule has 0 aliphatic rings. The summed E-state index contributed by atoms with van der Waals surface area (Å²) in [6.45, 7) is 0.209. The van der Waals surface area contributed by atoms with Crippen LogP contribution in [0.15, 0.2) is 52.2 Å². The Balaban J connectivity index is 2.32. The normalized spacial score (nSPS) is 10.8. The number of hydrogen-bond acceptors (Lipinski definition) is 4. The van der Waals surface area contributed by atoms with Gasteiger partial charge in [0.2, 0.25) is 0 Å². The number of benzene rings is 1. The molecule has 0 atom stereocenters. The lowest BCUT2D eigenvalue weighted by atomic mass is 10.2. The molecule has 3 rings (SSSR count). The Hall–Kier alpha value is -2.89. The molecule has 0 fully saturated rings. The number of nitrogens with zero attached hydrogens (tertiary/aromatic N) is 3. The highest BCUT2D eigenvalue weighted by molar-refractivity contribution is 5.80. The number of ether oxygens (including phenoxy) is 1. The number of rotatable bonds is 3. The summed E-state index contributed by atoms with van der Waals surface area (Å²) in [5.74, 6) is 0.410. The summed E-state index contributed by atoms with van der Waals surface area (Å²) < 4.78 is 7.80. The van der Waals surface area contributed by atoms with Crippen molar-refractivity contribution in [2.45, 2.75) is 6.54 Å². The molecule has 1 aromatic carbocycles. The van der Waals surface area contributed by atoms with Crippen LogP contribution in [0.25, 0.3) is 11.0 Å². The summed E-state index contributed by atoms with van der Waals surface area (Å²) in [5.41, 5.74) is 0.400. The molecule has 112 valence electrons. The predicted octanol–water partition coefficient (Wildman–Crippen LogP) is 1.15. The highest BCUT2D eigenvalue weighted by atomic mass is 16.5. The van der Waals surface area contributed by atoms with E-state index in [-0.39, 0.29) is 6.54 Å². The first kappa shape index (κ1) is 14.1. The van der Waals surface area contributed by atoms with Gasteiger partial charge in [-0.25, -0.2) is 9.78 Å². The van der Waals surface area contributed by atoms with Gasteiger partial charge in [-0.15, -0.1) is 0 Å². The monoisotopic (exact) mass is 297 g/mol. The fourth-order valence-corrected chi connectivity index (χ4v) is 2.46. The third-order valence-electron chi connectivity index (χ3n) is 3.59. The van der Waals surface area contributed by atoms with Crippen LogP contribution in [0.1, 0.15) is 5.56 Å². The number of methoxy groups -OCH3 is 1. The van der Waals surface area contributed by atoms with Gasteiger partial charge in [0.25, 0.3) is 5.56 Å². The number of pyridine rings is 1. The van der Waals surface area contributed by atoms with Crippen molar-refractivity contribution in [3.8, 4) is 5.75 Å². The molecule has 0 bridgehead atoms. The molecule has 0 unspecified atom stereocenters. The zero-order valence-corrected chi connectivity index (χ0v) is 12.3. The zero-order valence-electron chi connectivity index (χ0n) is 12.3. The third-order valence-corrected chi connectivity index (χ3v) is 3.59. The summed E-state index contributed by atoms with van der Waals surface area (Å²) in [6.07, 6.45) is 1.52. The van der Waals surface area contributed by atoms with Crippen molar-refractivity contribution < 1.29 is 4.74 Å². The fourth-order valence-electron chi connectivity index (χ4n) is 2.46. The Morgan fingerprint density at radius 3 is 2.55 bits per heavy atom. The zero-order chi connectivity index (χ0) is 15.7. The van der Waals surface area contributed by atoms with Crippen molar-refractivity contribution in [2.75, 3.05) is 7.11 Å². The van der Waals surface area contributed by atoms with Crippen LogP contribution < -0.4 is 16.0 Å². The molecule has 0 saturated carbocycles. The first-order valence-electron chi connectivity index (χ1n) is 6.80. The summed E-state index contributed by atoms with van der Waals surface area (Å²) in [6, 6.07) is 11.0. The molecule has 0 spiro atoms. The SMILES string of the molecule is COc1ccnc2c1c(=O)n(Cc1ccccc1)c(=O)n2C. The van der Waals surface area contributed by atoms with Gasteiger partial charge >= 0.3 is 5.69 Å². The van der Waals surface area contributed by atoms with Gasteiger partial charge in [-0.05, 0) is 11.6 Å². The summed E-state index contributed by atoms with van der Waals surface area (Å²) in [7, 11) is 3.08. The summed E-state index contributed by atoms with van der Waals surface area (Å²) in [5, 5.41) is 0.308. The lowest BCUT2D eigenvalue weighted by Crippen LogP contribution is -2.39. The second kappa shape index (κ2) is 5.48. The van der Waals surface area contributed by atoms with E-state index in [1.165, 1.54) is 22.4 Å².